The summed E-state index contributed by atoms with van der Waals surface area (Å²) >= 11 is 1.13. The largest absolute Gasteiger partial charge is 0.480 e. The SMILES string of the molecule is C[C@H](NC(=O)CSc1nc2ccccc2o1)C(=O)O. The Morgan fingerprint density at radius 2 is 2.21 bits per heavy atom. The number of thioether (sulfide) groups is 1. The Labute approximate surface area is 113 Å². The number of nitrogens with one attached hydrogen (secondary N) is 1. The molecule has 0 radical (unpaired) electrons. The molecule has 1 aromatic carbocycles. The number of benzene rings is 1. The number of carboxylic acid groups (broad SMARTS) is 1. The number of amides is 1. The number of aromatic nitrogens is 1. The third kappa shape index (κ3) is 3.47. The lowest BCUT2D eigenvalue weighted by Gasteiger charge is -2.07. The molecule has 2 rings (SSSR count). The average molecular weight is 280 g/mol. The van der Waals surface area contributed by atoms with Gasteiger partial charge in [0, 0.05) is 0 Å². The lowest BCUT2D eigenvalue weighted by molar-refractivity contribution is -0.140. The molecule has 0 saturated carbocycles. The van der Waals surface area contributed by atoms with Crippen LogP contribution in [0.5, 0.6) is 0 Å². The lowest BCUT2D eigenvalue weighted by Crippen LogP contribution is -2.39. The van der Waals surface area contributed by atoms with E-state index in [2.05, 4.69) is 10.3 Å². The van der Waals surface area contributed by atoms with Gasteiger partial charge >= 0.3 is 5.97 Å². The number of aliphatic carboxylic acids is 1. The van der Waals surface area contributed by atoms with Crippen LogP contribution in [0, 0.1) is 0 Å². The average Bonchev–Trinajstić information content (AvgIpc) is 2.78. The molecule has 0 bridgehead atoms. The topological polar surface area (TPSA) is 92.4 Å². The number of hydrogen-bond donors (Lipinski definition) is 2. The molecule has 0 spiro atoms. The predicted molar refractivity (Wildman–Crippen MR) is 70.0 cm³/mol. The van der Waals surface area contributed by atoms with Crippen LogP contribution in [-0.4, -0.2) is 33.8 Å². The molecular weight excluding hydrogens is 268 g/mol. The van der Waals surface area contributed by atoms with Crippen molar-refractivity contribution in [3.8, 4) is 0 Å². The molecule has 1 heterocycles. The molecule has 1 amide bonds. The Hall–Kier alpha value is -2.02. The predicted octanol–water partition coefficient (Wildman–Crippen LogP) is 1.51. The molecule has 0 aliphatic carbocycles. The van der Waals surface area contributed by atoms with Gasteiger partial charge in [0.25, 0.3) is 5.22 Å². The van der Waals surface area contributed by atoms with Crippen molar-refractivity contribution in [3.63, 3.8) is 0 Å². The fourth-order valence-corrected chi connectivity index (χ4v) is 2.03. The van der Waals surface area contributed by atoms with Crippen molar-refractivity contribution in [1.29, 1.82) is 0 Å². The summed E-state index contributed by atoms with van der Waals surface area (Å²) in [6, 6.07) is 6.38. The van der Waals surface area contributed by atoms with E-state index in [1.165, 1.54) is 6.92 Å². The molecule has 1 aromatic heterocycles. The van der Waals surface area contributed by atoms with Crippen molar-refractivity contribution in [2.45, 2.75) is 18.2 Å². The van der Waals surface area contributed by atoms with E-state index in [0.29, 0.717) is 10.8 Å². The monoisotopic (exact) mass is 280 g/mol. The van der Waals surface area contributed by atoms with Gasteiger partial charge in [0.1, 0.15) is 11.6 Å². The number of oxazole rings is 1. The van der Waals surface area contributed by atoms with Gasteiger partial charge in [-0.2, -0.15) is 0 Å². The standard InChI is InChI=1S/C12H12N2O4S/c1-7(11(16)17)13-10(15)6-19-12-14-8-4-2-3-5-9(8)18-12/h2-5,7H,6H2,1H3,(H,13,15)(H,16,17)/t7-/m0/s1. The van der Waals surface area contributed by atoms with Gasteiger partial charge in [-0.3, -0.25) is 9.59 Å². The van der Waals surface area contributed by atoms with Gasteiger partial charge in [-0.15, -0.1) is 0 Å². The van der Waals surface area contributed by atoms with E-state index in [0.717, 1.165) is 17.3 Å². The van der Waals surface area contributed by atoms with Crippen LogP contribution in [0.4, 0.5) is 0 Å². The summed E-state index contributed by atoms with van der Waals surface area (Å²) in [5.41, 5.74) is 1.38. The minimum Gasteiger partial charge on any atom is -0.480 e. The summed E-state index contributed by atoms with van der Waals surface area (Å²) < 4.78 is 5.43. The van der Waals surface area contributed by atoms with E-state index in [1.54, 1.807) is 6.07 Å². The number of para-hydroxylation sites is 2. The minimum absolute atomic E-state index is 0.0600. The molecule has 2 N–H and O–H groups in total. The summed E-state index contributed by atoms with van der Waals surface area (Å²) in [5.74, 6) is -1.38. The fraction of sp³-hybridized carbons (Fsp3) is 0.250. The molecule has 0 saturated heterocycles. The highest BCUT2D eigenvalue weighted by Crippen LogP contribution is 2.22. The molecule has 100 valence electrons. The number of carbonyl (C=O) groups is 2. The maximum Gasteiger partial charge on any atom is 0.325 e. The summed E-state index contributed by atoms with van der Waals surface area (Å²) in [4.78, 5) is 26.3. The lowest BCUT2D eigenvalue weighted by atomic mass is 10.3. The van der Waals surface area contributed by atoms with Crippen molar-refractivity contribution >= 4 is 34.7 Å². The van der Waals surface area contributed by atoms with E-state index in [1.807, 2.05) is 18.2 Å². The van der Waals surface area contributed by atoms with Crippen LogP contribution >= 0.6 is 11.8 Å². The van der Waals surface area contributed by atoms with Crippen molar-refractivity contribution in [2.75, 3.05) is 5.75 Å². The maximum atomic E-state index is 11.5. The molecule has 19 heavy (non-hydrogen) atoms. The summed E-state index contributed by atoms with van der Waals surface area (Å²) in [6.07, 6.45) is 0. The third-order valence-corrected chi connectivity index (χ3v) is 3.18. The number of carboxylic acids is 1. The quantitative estimate of drug-likeness (QED) is 0.806. The van der Waals surface area contributed by atoms with Crippen molar-refractivity contribution in [3.05, 3.63) is 24.3 Å². The van der Waals surface area contributed by atoms with Gasteiger partial charge in [-0.05, 0) is 19.1 Å². The highest BCUT2D eigenvalue weighted by atomic mass is 32.2. The van der Waals surface area contributed by atoms with E-state index < -0.39 is 12.0 Å². The Kier molecular flexibility index (Phi) is 4.06. The van der Waals surface area contributed by atoms with Crippen LogP contribution in [0.15, 0.2) is 33.9 Å². The van der Waals surface area contributed by atoms with E-state index in [4.69, 9.17) is 9.52 Å². The second-order valence-electron chi connectivity index (χ2n) is 3.86. The molecule has 2 aromatic rings. The van der Waals surface area contributed by atoms with Crippen LogP contribution in [0.2, 0.25) is 0 Å². The van der Waals surface area contributed by atoms with Gasteiger partial charge in [-0.25, -0.2) is 4.98 Å². The number of nitrogens with zero attached hydrogens (tertiary/aromatic N) is 1. The molecular formula is C12H12N2O4S. The van der Waals surface area contributed by atoms with Gasteiger partial charge in [0.2, 0.25) is 5.91 Å². The smallest absolute Gasteiger partial charge is 0.325 e. The first-order chi connectivity index (χ1) is 9.06. The number of fused-ring (bicyclic) bond motifs is 1. The molecule has 0 fully saturated rings. The van der Waals surface area contributed by atoms with Crippen molar-refractivity contribution < 1.29 is 19.1 Å². The zero-order valence-electron chi connectivity index (χ0n) is 10.1. The zero-order valence-corrected chi connectivity index (χ0v) is 10.9. The van der Waals surface area contributed by atoms with Crippen LogP contribution in [-0.2, 0) is 9.59 Å². The Balaban J connectivity index is 1.91. The van der Waals surface area contributed by atoms with Crippen molar-refractivity contribution in [2.24, 2.45) is 0 Å². The van der Waals surface area contributed by atoms with Gasteiger partial charge in [0.05, 0.1) is 5.75 Å². The number of rotatable bonds is 5. The first kappa shape index (κ1) is 13.4. The summed E-state index contributed by atoms with van der Waals surface area (Å²) in [7, 11) is 0. The maximum absolute atomic E-state index is 11.5. The highest BCUT2D eigenvalue weighted by Gasteiger charge is 2.15. The minimum atomic E-state index is -1.07. The zero-order chi connectivity index (χ0) is 13.8. The van der Waals surface area contributed by atoms with Gasteiger partial charge in [-0.1, -0.05) is 23.9 Å². The van der Waals surface area contributed by atoms with Gasteiger partial charge < -0.3 is 14.8 Å². The first-order valence-electron chi connectivity index (χ1n) is 5.57. The number of hydrogen-bond acceptors (Lipinski definition) is 5. The molecule has 0 aliphatic heterocycles. The Morgan fingerprint density at radius 1 is 1.47 bits per heavy atom. The summed E-state index contributed by atoms with van der Waals surface area (Å²) in [5, 5.41) is 11.4. The molecule has 6 nitrogen and oxygen atoms in total. The van der Waals surface area contributed by atoms with Gasteiger partial charge in [0.15, 0.2) is 5.58 Å². The van der Waals surface area contributed by atoms with Crippen LogP contribution in [0.3, 0.4) is 0 Å². The van der Waals surface area contributed by atoms with E-state index in [9.17, 15) is 9.59 Å². The van der Waals surface area contributed by atoms with Crippen molar-refractivity contribution in [1.82, 2.24) is 10.3 Å². The normalized spacial score (nSPS) is 12.3. The van der Waals surface area contributed by atoms with Crippen LogP contribution in [0.25, 0.3) is 11.1 Å². The molecule has 1 atom stereocenters. The summed E-state index contributed by atoms with van der Waals surface area (Å²) in [6.45, 7) is 1.41. The molecule has 0 unspecified atom stereocenters. The Morgan fingerprint density at radius 3 is 2.89 bits per heavy atom. The van der Waals surface area contributed by atoms with E-state index in [-0.39, 0.29) is 11.7 Å². The van der Waals surface area contributed by atoms with Crippen LogP contribution < -0.4 is 5.32 Å². The second-order valence-corrected chi connectivity index (χ2v) is 4.79. The molecule has 7 heteroatoms. The fourth-order valence-electron chi connectivity index (χ4n) is 1.38. The van der Waals surface area contributed by atoms with Crippen LogP contribution in [0.1, 0.15) is 6.92 Å². The highest BCUT2D eigenvalue weighted by molar-refractivity contribution is 7.99. The second kappa shape index (κ2) is 5.75. The Bertz CT molecular complexity index is 578. The first-order valence-corrected chi connectivity index (χ1v) is 6.55. The third-order valence-electron chi connectivity index (χ3n) is 2.35. The van der Waals surface area contributed by atoms with E-state index >= 15 is 0 Å². The number of carbonyl (C=O) groups excluding carboxylic acids is 1. The molecule has 0 aliphatic rings.